The van der Waals surface area contributed by atoms with Crippen LogP contribution in [0.4, 0.5) is 0 Å². The van der Waals surface area contributed by atoms with E-state index < -0.39 is 35.8 Å². The molecule has 0 aliphatic carbocycles. The molecule has 0 N–H and O–H groups in total. The summed E-state index contributed by atoms with van der Waals surface area (Å²) >= 11 is 0. The Morgan fingerprint density at radius 2 is 0.460 bits per heavy atom. The van der Waals surface area contributed by atoms with Crippen LogP contribution in [-0.2, 0) is 201 Å². The Labute approximate surface area is 518 Å². The van der Waals surface area contributed by atoms with Crippen molar-refractivity contribution >= 4 is 11.9 Å². The SMILES string of the molecule is CCCCCCCC/C=C\CCCCCCCC(=O)[O-].CCCCCCCC/C=C\CCCCCCCC(=O)[O-].[Cd+2].[Cd+2].[Cd+2].[Cd+2].[Cd+2].[Cd+2].[Cd+2].[O-]C([O-])([O-])C([O-])([O-])[O-].[O-]C([O-])([O-])C([O-])([O-])[O-]. The molecule has 0 radical (unpaired) electrons. The molecular weight excluding hydrogens is 1520 g/mol. The summed E-state index contributed by atoms with van der Waals surface area (Å²) in [7, 11) is 0. The standard InChI is InChI=1S/2C18H34O2.2C2O6.7Cd/c2*1-2-3-4-5-6-7-8-9-10-11-12-13-14-15-16-17-18(19)20;2*3-1(4,5)2(6,7)8;;;;;;;/h2*9-10H,2-8,11-17H2,1H3,(H,19,20);;;;;;;;;/q;;2*-6;7*+2/p-2/b2*10-9-;;;;;;;;;. The normalized spacial score (nSPS) is 10.8. The van der Waals surface area contributed by atoms with Crippen LogP contribution < -0.4 is 71.5 Å². The van der Waals surface area contributed by atoms with Crippen LogP contribution in [-0.4, -0.2) is 35.8 Å². The van der Waals surface area contributed by atoms with Gasteiger partial charge in [-0.3, -0.25) is 0 Å². The van der Waals surface area contributed by atoms with Crippen molar-refractivity contribution in [2.45, 2.75) is 218 Å². The van der Waals surface area contributed by atoms with Crippen LogP contribution in [0, 0.1) is 0 Å². The summed E-state index contributed by atoms with van der Waals surface area (Å²) in [4.78, 5) is 20.4. The number of rotatable bonds is 32. The van der Waals surface area contributed by atoms with Gasteiger partial charge in [-0.2, -0.15) is 0 Å². The summed E-state index contributed by atoms with van der Waals surface area (Å²) in [6, 6.07) is 0. The first-order valence-electron chi connectivity index (χ1n) is 20.2. The molecule has 16 nitrogen and oxygen atoms in total. The van der Waals surface area contributed by atoms with E-state index in [-0.39, 0.29) is 204 Å². The topological polar surface area (TPSA) is 357 Å². The van der Waals surface area contributed by atoms with Gasteiger partial charge in [-0.05, 0) is 77.0 Å². The number of carboxylic acid groups (broad SMARTS) is 2. The van der Waals surface area contributed by atoms with E-state index in [9.17, 15) is 19.8 Å². The predicted molar refractivity (Wildman–Crippen MR) is 180 cm³/mol. The maximum atomic E-state index is 10.2. The average Bonchev–Trinajstić information content (AvgIpc) is 3.07. The van der Waals surface area contributed by atoms with Gasteiger partial charge in [0.1, 0.15) is 0 Å². The summed E-state index contributed by atoms with van der Waals surface area (Å²) in [5.41, 5.74) is 0. The monoisotopic (exact) mass is 1600 g/mol. The summed E-state index contributed by atoms with van der Waals surface area (Å²) in [5.74, 6) is -21.7. The summed E-state index contributed by atoms with van der Waals surface area (Å²) in [6.45, 7) is 4.51. The molecule has 23 heteroatoms. The first-order chi connectivity index (χ1) is 26.0. The number of aliphatic carboxylic acids is 2. The number of hydrogen-bond acceptors (Lipinski definition) is 16. The minimum Gasteiger partial charge on any atom is -0.879 e. The van der Waals surface area contributed by atoms with Gasteiger partial charge < -0.3 is 105 Å². The third kappa shape index (κ3) is 86.6. The molecule has 0 aromatic carbocycles. The molecule has 0 rings (SSSR count). The maximum absolute atomic E-state index is 10.2. The second kappa shape index (κ2) is 64.4. The number of allylic oxidation sites excluding steroid dienone is 4. The molecule has 0 fully saturated rings. The van der Waals surface area contributed by atoms with E-state index in [1.807, 2.05) is 0 Å². The van der Waals surface area contributed by atoms with Gasteiger partial charge in [0, 0.05) is 11.9 Å². The van der Waals surface area contributed by atoms with E-state index in [1.165, 1.54) is 128 Å². The van der Waals surface area contributed by atoms with Crippen LogP contribution >= 0.6 is 0 Å². The first kappa shape index (κ1) is 93.4. The van der Waals surface area contributed by atoms with Crippen molar-refractivity contribution in [2.75, 3.05) is 0 Å². The molecule has 0 spiro atoms. The molecule has 0 bridgehead atoms. The van der Waals surface area contributed by atoms with Crippen LogP contribution in [0.5, 0.6) is 0 Å². The van der Waals surface area contributed by atoms with Gasteiger partial charge >= 0.3 is 191 Å². The molecule has 0 heterocycles. The molecule has 0 unspecified atom stereocenters. The van der Waals surface area contributed by atoms with E-state index in [4.69, 9.17) is 61.3 Å². The fourth-order valence-electron chi connectivity index (χ4n) is 4.68. The van der Waals surface area contributed by atoms with Gasteiger partial charge in [0.15, 0.2) is 0 Å². The smallest absolute Gasteiger partial charge is 0.879 e. The molecule has 63 heavy (non-hydrogen) atoms. The van der Waals surface area contributed by atoms with E-state index in [0.717, 1.165) is 38.5 Å². The molecule has 0 aromatic heterocycles. The van der Waals surface area contributed by atoms with Gasteiger partial charge in [0.2, 0.25) is 0 Å². The second-order valence-electron chi connectivity index (χ2n) is 13.6. The minimum absolute atomic E-state index is 0. The summed E-state index contributed by atoms with van der Waals surface area (Å²) in [5, 5.41) is 129. The molecule has 0 atom stereocenters. The number of carbonyl (C=O) groups is 2. The minimum atomic E-state index is -4.98. The molecule has 0 saturated heterocycles. The Bertz CT molecular complexity index is 847. The van der Waals surface area contributed by atoms with E-state index in [0.29, 0.717) is 0 Å². The molecule has 0 aromatic rings. The maximum Gasteiger partial charge on any atom is 2.00 e. The fraction of sp³-hybridized carbons (Fsp3) is 0.850. The molecule has 336 valence electrons. The predicted octanol–water partition coefficient (Wildman–Crippen LogP) is -5.56. The Balaban J connectivity index is -0.0000000658. The van der Waals surface area contributed by atoms with Crippen LogP contribution in [0.25, 0.3) is 0 Å². The van der Waals surface area contributed by atoms with Crippen molar-refractivity contribution in [3.05, 3.63) is 24.3 Å². The third-order valence-electron chi connectivity index (χ3n) is 8.04. The first-order valence-corrected chi connectivity index (χ1v) is 20.2. The third-order valence-corrected chi connectivity index (χ3v) is 8.04. The van der Waals surface area contributed by atoms with Crippen molar-refractivity contribution in [1.82, 2.24) is 0 Å². The Morgan fingerprint density at radius 3 is 0.619 bits per heavy atom. The molecule has 0 saturated carbocycles. The van der Waals surface area contributed by atoms with Gasteiger partial charge in [-0.1, -0.05) is 141 Å². The van der Waals surface area contributed by atoms with Gasteiger partial charge in [0.25, 0.3) is 0 Å². The van der Waals surface area contributed by atoms with Crippen molar-refractivity contribution in [1.29, 1.82) is 0 Å². The van der Waals surface area contributed by atoms with Crippen LogP contribution in [0.3, 0.4) is 0 Å². The largest absolute Gasteiger partial charge is 2.00 e. The molecular formula is C40H66Cd7O16. The number of carbonyl (C=O) groups excluding carboxylic acids is 2. The Morgan fingerprint density at radius 1 is 0.302 bits per heavy atom. The summed E-state index contributed by atoms with van der Waals surface area (Å²) < 4.78 is 0. The summed E-state index contributed by atoms with van der Waals surface area (Å²) in [6.07, 6.45) is 41.8. The number of hydrogen-bond donors (Lipinski definition) is 0. The van der Waals surface area contributed by atoms with Crippen LogP contribution in [0.15, 0.2) is 24.3 Å². The molecule has 0 aliphatic heterocycles. The van der Waals surface area contributed by atoms with Crippen molar-refractivity contribution in [3.8, 4) is 0 Å². The fourth-order valence-corrected chi connectivity index (χ4v) is 4.68. The van der Waals surface area contributed by atoms with Crippen molar-refractivity contribution in [3.63, 3.8) is 0 Å². The van der Waals surface area contributed by atoms with Gasteiger partial charge in [0.05, 0.1) is 0 Å². The van der Waals surface area contributed by atoms with Gasteiger partial charge in [-0.15, -0.1) is 0 Å². The van der Waals surface area contributed by atoms with E-state index >= 15 is 0 Å². The van der Waals surface area contributed by atoms with Gasteiger partial charge in [-0.25, -0.2) is 0 Å². The number of carboxylic acids is 2. The Hall–Kier alpha value is 4.39. The Kier molecular flexibility index (Phi) is 95.5. The van der Waals surface area contributed by atoms with Crippen LogP contribution in [0.2, 0.25) is 0 Å². The molecule has 0 aliphatic rings. The zero-order valence-corrected chi connectivity index (χ0v) is 66.8. The van der Waals surface area contributed by atoms with Crippen molar-refractivity contribution < 1.29 is 272 Å². The van der Waals surface area contributed by atoms with Crippen LogP contribution in [0.1, 0.15) is 194 Å². The zero-order chi connectivity index (χ0) is 43.8. The molecule has 0 amide bonds. The zero-order valence-electron chi connectivity index (χ0n) is 38.6. The van der Waals surface area contributed by atoms with E-state index in [2.05, 4.69) is 38.2 Å². The average molecular weight is 1590 g/mol. The quantitative estimate of drug-likeness (QED) is 0.0262. The van der Waals surface area contributed by atoms with Crippen molar-refractivity contribution in [2.24, 2.45) is 0 Å². The van der Waals surface area contributed by atoms with E-state index in [1.54, 1.807) is 0 Å². The second-order valence-corrected chi connectivity index (χ2v) is 13.6. The number of unbranched alkanes of at least 4 members (excludes halogenated alkanes) is 22.